The summed E-state index contributed by atoms with van der Waals surface area (Å²) in [5.41, 5.74) is 1.01. The number of hydrogen-bond donors (Lipinski definition) is 2. The van der Waals surface area contributed by atoms with E-state index >= 15 is 0 Å². The van der Waals surface area contributed by atoms with E-state index in [1.165, 1.54) is 0 Å². The Labute approximate surface area is 108 Å². The molecule has 1 unspecified atom stereocenters. The van der Waals surface area contributed by atoms with Crippen LogP contribution in [0.1, 0.15) is 18.1 Å². The average Bonchev–Trinajstić information content (AvgIpc) is 2.38. The van der Waals surface area contributed by atoms with Crippen molar-refractivity contribution in [3.63, 3.8) is 0 Å². The third-order valence-electron chi connectivity index (χ3n) is 3.75. The van der Waals surface area contributed by atoms with Gasteiger partial charge in [0, 0.05) is 26.2 Å². The van der Waals surface area contributed by atoms with Crippen LogP contribution < -0.4 is 5.32 Å². The molecule has 2 N–H and O–H groups in total. The largest absolute Gasteiger partial charge is 0.480 e. The Balaban J connectivity index is 2.39. The van der Waals surface area contributed by atoms with E-state index in [-0.39, 0.29) is 0 Å². The topological polar surface area (TPSA) is 52.6 Å². The molecule has 0 aliphatic carbocycles. The lowest BCUT2D eigenvalue weighted by Crippen LogP contribution is -2.56. The molecule has 98 valence electrons. The van der Waals surface area contributed by atoms with Crippen LogP contribution in [0, 0.1) is 6.92 Å². The molecule has 2 rings (SSSR count). The maximum absolute atomic E-state index is 11.8. The van der Waals surface area contributed by atoms with Gasteiger partial charge in [-0.05, 0) is 19.4 Å². The number of carboxylic acids is 1. The van der Waals surface area contributed by atoms with E-state index < -0.39 is 11.5 Å². The van der Waals surface area contributed by atoms with Crippen molar-refractivity contribution >= 4 is 5.97 Å². The van der Waals surface area contributed by atoms with Crippen LogP contribution in [0.15, 0.2) is 24.3 Å². The molecule has 0 aromatic heterocycles. The number of rotatable bonds is 3. The van der Waals surface area contributed by atoms with Crippen molar-refractivity contribution in [2.45, 2.75) is 19.4 Å². The summed E-state index contributed by atoms with van der Waals surface area (Å²) in [5.74, 6) is -0.782. The Hall–Kier alpha value is -1.39. The lowest BCUT2D eigenvalue weighted by Gasteiger charge is -2.40. The molecule has 4 heteroatoms. The van der Waals surface area contributed by atoms with Crippen molar-refractivity contribution in [2.75, 3.05) is 26.2 Å². The lowest BCUT2D eigenvalue weighted by molar-refractivity contribution is -0.151. The van der Waals surface area contributed by atoms with Gasteiger partial charge in [-0.3, -0.25) is 4.90 Å². The van der Waals surface area contributed by atoms with Gasteiger partial charge >= 0.3 is 5.97 Å². The standard InChI is InChI=1S/C14H20N2O2/c1-11-4-3-5-12(10-11)14(2,13(17)18)16-8-6-15-7-9-16/h3-5,10,15H,6-9H2,1-2H3,(H,17,18). The summed E-state index contributed by atoms with van der Waals surface area (Å²) >= 11 is 0. The molecule has 1 heterocycles. The molecule has 1 aliphatic heterocycles. The molecule has 4 nitrogen and oxygen atoms in total. The highest BCUT2D eigenvalue weighted by Gasteiger charge is 2.41. The van der Waals surface area contributed by atoms with Gasteiger partial charge in [-0.2, -0.15) is 0 Å². The molecule has 1 fully saturated rings. The Bertz CT molecular complexity index is 441. The summed E-state index contributed by atoms with van der Waals surface area (Å²) in [6.45, 7) is 7.00. The SMILES string of the molecule is Cc1cccc(C(C)(C(=O)O)N2CCNCC2)c1. The second-order valence-electron chi connectivity index (χ2n) is 4.98. The first kappa shape index (κ1) is 13.1. The maximum Gasteiger partial charge on any atom is 0.328 e. The van der Waals surface area contributed by atoms with Crippen molar-refractivity contribution in [3.05, 3.63) is 35.4 Å². The summed E-state index contributed by atoms with van der Waals surface area (Å²) in [7, 11) is 0. The molecule has 1 atom stereocenters. The average molecular weight is 248 g/mol. The van der Waals surface area contributed by atoms with Crippen molar-refractivity contribution in [1.29, 1.82) is 0 Å². The highest BCUT2D eigenvalue weighted by atomic mass is 16.4. The van der Waals surface area contributed by atoms with Crippen LogP contribution in [-0.2, 0) is 10.3 Å². The Morgan fingerprint density at radius 1 is 1.39 bits per heavy atom. The molecular weight excluding hydrogens is 228 g/mol. The van der Waals surface area contributed by atoms with Gasteiger partial charge in [-0.25, -0.2) is 4.79 Å². The number of aliphatic carboxylic acids is 1. The van der Waals surface area contributed by atoms with Crippen LogP contribution in [0.3, 0.4) is 0 Å². The summed E-state index contributed by atoms with van der Waals surface area (Å²) in [6, 6.07) is 7.79. The highest BCUT2D eigenvalue weighted by Crippen LogP contribution is 2.29. The van der Waals surface area contributed by atoms with Gasteiger partial charge in [0.1, 0.15) is 5.54 Å². The first-order chi connectivity index (χ1) is 8.55. The van der Waals surface area contributed by atoms with E-state index in [1.807, 2.05) is 36.1 Å². The molecule has 1 aromatic carbocycles. The van der Waals surface area contributed by atoms with E-state index in [9.17, 15) is 9.90 Å². The van der Waals surface area contributed by atoms with Crippen LogP contribution >= 0.6 is 0 Å². The van der Waals surface area contributed by atoms with E-state index in [1.54, 1.807) is 6.92 Å². The van der Waals surface area contributed by atoms with Crippen molar-refractivity contribution in [2.24, 2.45) is 0 Å². The van der Waals surface area contributed by atoms with Crippen LogP contribution in [0.4, 0.5) is 0 Å². The molecule has 0 bridgehead atoms. The first-order valence-corrected chi connectivity index (χ1v) is 6.31. The van der Waals surface area contributed by atoms with E-state index in [2.05, 4.69) is 5.32 Å². The first-order valence-electron chi connectivity index (χ1n) is 6.31. The summed E-state index contributed by atoms with van der Waals surface area (Å²) in [4.78, 5) is 13.8. The van der Waals surface area contributed by atoms with Gasteiger partial charge < -0.3 is 10.4 Å². The highest BCUT2D eigenvalue weighted by molar-refractivity contribution is 5.80. The third-order valence-corrected chi connectivity index (χ3v) is 3.75. The smallest absolute Gasteiger partial charge is 0.328 e. The predicted molar refractivity (Wildman–Crippen MR) is 70.6 cm³/mol. The molecule has 1 aromatic rings. The zero-order valence-electron chi connectivity index (χ0n) is 10.9. The number of carboxylic acid groups (broad SMARTS) is 1. The molecule has 0 spiro atoms. The van der Waals surface area contributed by atoms with E-state index in [0.29, 0.717) is 0 Å². The van der Waals surface area contributed by atoms with E-state index in [4.69, 9.17) is 0 Å². The zero-order chi connectivity index (χ0) is 13.2. The molecule has 1 aliphatic rings. The quantitative estimate of drug-likeness (QED) is 0.844. The second kappa shape index (κ2) is 5.08. The minimum Gasteiger partial charge on any atom is -0.480 e. The van der Waals surface area contributed by atoms with Gasteiger partial charge in [0.25, 0.3) is 0 Å². The van der Waals surface area contributed by atoms with Crippen LogP contribution in [0.2, 0.25) is 0 Å². The summed E-state index contributed by atoms with van der Waals surface area (Å²) < 4.78 is 0. The van der Waals surface area contributed by atoms with Gasteiger partial charge in [0.2, 0.25) is 0 Å². The minimum atomic E-state index is -0.936. The molecule has 0 saturated carbocycles. The Kier molecular flexibility index (Phi) is 3.68. The number of nitrogens with zero attached hydrogens (tertiary/aromatic N) is 1. The Morgan fingerprint density at radius 3 is 2.61 bits per heavy atom. The number of carbonyl (C=O) groups is 1. The fourth-order valence-corrected chi connectivity index (χ4v) is 2.50. The van der Waals surface area contributed by atoms with Gasteiger partial charge in [0.05, 0.1) is 0 Å². The number of aryl methyl sites for hydroxylation is 1. The molecule has 0 amide bonds. The van der Waals surface area contributed by atoms with Crippen LogP contribution in [-0.4, -0.2) is 42.2 Å². The fraction of sp³-hybridized carbons (Fsp3) is 0.500. The molecular formula is C14H20N2O2. The van der Waals surface area contributed by atoms with Gasteiger partial charge in [0.15, 0.2) is 0 Å². The second-order valence-corrected chi connectivity index (χ2v) is 4.98. The Morgan fingerprint density at radius 2 is 2.06 bits per heavy atom. The summed E-state index contributed by atoms with van der Waals surface area (Å²) in [6.07, 6.45) is 0. The van der Waals surface area contributed by atoms with Crippen LogP contribution in [0.25, 0.3) is 0 Å². The molecule has 0 radical (unpaired) electrons. The lowest BCUT2D eigenvalue weighted by atomic mass is 9.88. The minimum absolute atomic E-state index is 0.761. The number of hydrogen-bond acceptors (Lipinski definition) is 3. The van der Waals surface area contributed by atoms with Crippen molar-refractivity contribution < 1.29 is 9.90 Å². The van der Waals surface area contributed by atoms with Gasteiger partial charge in [-0.1, -0.05) is 29.8 Å². The third kappa shape index (κ3) is 2.26. The van der Waals surface area contributed by atoms with Crippen molar-refractivity contribution in [3.8, 4) is 0 Å². The zero-order valence-corrected chi connectivity index (χ0v) is 10.9. The fourth-order valence-electron chi connectivity index (χ4n) is 2.50. The maximum atomic E-state index is 11.8. The molecule has 1 saturated heterocycles. The monoisotopic (exact) mass is 248 g/mol. The molecule has 18 heavy (non-hydrogen) atoms. The van der Waals surface area contributed by atoms with Crippen LogP contribution in [0.5, 0.6) is 0 Å². The number of nitrogens with one attached hydrogen (secondary N) is 1. The van der Waals surface area contributed by atoms with Crippen molar-refractivity contribution in [1.82, 2.24) is 10.2 Å². The number of benzene rings is 1. The number of piperazine rings is 1. The predicted octanol–water partition coefficient (Wildman–Crippen LogP) is 1.20. The summed E-state index contributed by atoms with van der Waals surface area (Å²) in [5, 5.41) is 12.9. The van der Waals surface area contributed by atoms with Gasteiger partial charge in [-0.15, -0.1) is 0 Å². The van der Waals surface area contributed by atoms with E-state index in [0.717, 1.165) is 37.3 Å². The normalized spacial score (nSPS) is 20.3.